The second kappa shape index (κ2) is 9.47. The number of fused-ring (bicyclic) bond motifs is 1. The Kier molecular flexibility index (Phi) is 6.47. The minimum absolute atomic E-state index is 0.0724. The minimum atomic E-state index is -0.681. The van der Waals surface area contributed by atoms with E-state index in [4.69, 9.17) is 21.1 Å². The number of nitrogens with one attached hydrogen (secondary N) is 2. The number of thiophene rings is 1. The van der Waals surface area contributed by atoms with Crippen molar-refractivity contribution in [1.82, 2.24) is 19.9 Å². The molecule has 0 spiro atoms. The number of aromatic amines is 1. The van der Waals surface area contributed by atoms with Crippen LogP contribution in [0.3, 0.4) is 0 Å². The predicted octanol–water partition coefficient (Wildman–Crippen LogP) is 2.78. The van der Waals surface area contributed by atoms with Gasteiger partial charge in [0.05, 0.1) is 24.6 Å². The molecule has 3 heterocycles. The van der Waals surface area contributed by atoms with Crippen LogP contribution in [-0.4, -0.2) is 41.2 Å². The summed E-state index contributed by atoms with van der Waals surface area (Å²) in [6.07, 6.45) is 0.627. The highest BCUT2D eigenvalue weighted by molar-refractivity contribution is 7.20. The first-order valence-electron chi connectivity index (χ1n) is 9.82. The van der Waals surface area contributed by atoms with Gasteiger partial charge in [-0.1, -0.05) is 23.7 Å². The number of halogens is 1. The molecule has 0 aliphatic heterocycles. The summed E-state index contributed by atoms with van der Waals surface area (Å²) in [6, 6.07) is 11.9. The number of rotatable bonds is 7. The number of aromatic nitrogens is 3. The second-order valence-electron chi connectivity index (χ2n) is 6.94. The van der Waals surface area contributed by atoms with Crippen LogP contribution in [0.2, 0.25) is 5.02 Å². The summed E-state index contributed by atoms with van der Waals surface area (Å²) in [4.78, 5) is 45.4. The molecule has 0 bridgehead atoms. The predicted molar refractivity (Wildman–Crippen MR) is 126 cm³/mol. The summed E-state index contributed by atoms with van der Waals surface area (Å²) in [5.41, 5.74) is 0.0543. The van der Waals surface area contributed by atoms with Gasteiger partial charge in [0, 0.05) is 11.6 Å². The van der Waals surface area contributed by atoms with Crippen LogP contribution in [0.15, 0.2) is 52.1 Å². The van der Waals surface area contributed by atoms with Crippen LogP contribution in [0.25, 0.3) is 16.0 Å². The topological polar surface area (TPSA) is 115 Å². The summed E-state index contributed by atoms with van der Waals surface area (Å²) in [5.74, 6) is 0.234. The lowest BCUT2D eigenvalue weighted by molar-refractivity contribution is 0.0958. The van der Waals surface area contributed by atoms with Gasteiger partial charge in [-0.25, -0.2) is 9.36 Å². The van der Waals surface area contributed by atoms with Gasteiger partial charge in [0.1, 0.15) is 10.5 Å². The SMILES string of the molecule is COc1ccc(-n2c(=O)[nH]c3cc(C(=O)NCCc4ccc(Cl)cc4)sc3c2=O)nc1OC. The van der Waals surface area contributed by atoms with Crippen molar-refractivity contribution in [1.29, 1.82) is 0 Å². The van der Waals surface area contributed by atoms with Gasteiger partial charge in [0.15, 0.2) is 5.75 Å². The summed E-state index contributed by atoms with van der Waals surface area (Å²) >= 11 is 6.88. The highest BCUT2D eigenvalue weighted by Gasteiger charge is 2.18. The average molecular weight is 487 g/mol. The van der Waals surface area contributed by atoms with Crippen LogP contribution in [0.1, 0.15) is 15.2 Å². The first-order chi connectivity index (χ1) is 15.9. The van der Waals surface area contributed by atoms with E-state index in [1.807, 2.05) is 12.1 Å². The van der Waals surface area contributed by atoms with Gasteiger partial charge in [-0.3, -0.25) is 9.59 Å². The molecule has 1 aromatic carbocycles. The van der Waals surface area contributed by atoms with E-state index in [0.29, 0.717) is 28.6 Å². The van der Waals surface area contributed by atoms with Crippen molar-refractivity contribution < 1.29 is 14.3 Å². The molecule has 0 saturated carbocycles. The van der Waals surface area contributed by atoms with Gasteiger partial charge in [-0.2, -0.15) is 4.98 Å². The van der Waals surface area contributed by atoms with E-state index in [0.717, 1.165) is 21.5 Å². The Hall–Kier alpha value is -3.63. The zero-order valence-electron chi connectivity index (χ0n) is 17.7. The second-order valence-corrected chi connectivity index (χ2v) is 8.43. The van der Waals surface area contributed by atoms with Crippen LogP contribution in [0, 0.1) is 0 Å². The summed E-state index contributed by atoms with van der Waals surface area (Å²) in [5, 5.41) is 3.48. The zero-order valence-corrected chi connectivity index (χ0v) is 19.2. The Morgan fingerprint density at radius 2 is 1.91 bits per heavy atom. The molecule has 9 nitrogen and oxygen atoms in total. The molecule has 11 heteroatoms. The van der Waals surface area contributed by atoms with Crippen LogP contribution >= 0.6 is 22.9 Å². The number of ether oxygens (including phenoxy) is 2. The van der Waals surface area contributed by atoms with Crippen molar-refractivity contribution >= 4 is 39.1 Å². The van der Waals surface area contributed by atoms with E-state index < -0.39 is 11.2 Å². The maximum absolute atomic E-state index is 13.1. The highest BCUT2D eigenvalue weighted by atomic mass is 35.5. The number of carbonyl (C=O) groups is 1. The fourth-order valence-corrected chi connectivity index (χ4v) is 4.32. The molecule has 170 valence electrons. The number of nitrogens with zero attached hydrogens (tertiary/aromatic N) is 2. The lowest BCUT2D eigenvalue weighted by Gasteiger charge is -2.09. The van der Waals surface area contributed by atoms with Crippen molar-refractivity contribution in [3.63, 3.8) is 0 Å². The maximum atomic E-state index is 13.1. The first kappa shape index (κ1) is 22.6. The van der Waals surface area contributed by atoms with E-state index >= 15 is 0 Å². The fourth-order valence-electron chi connectivity index (χ4n) is 3.23. The van der Waals surface area contributed by atoms with E-state index in [1.54, 1.807) is 18.2 Å². The van der Waals surface area contributed by atoms with Crippen LogP contribution in [0.4, 0.5) is 0 Å². The van der Waals surface area contributed by atoms with E-state index in [2.05, 4.69) is 15.3 Å². The van der Waals surface area contributed by atoms with Crippen molar-refractivity contribution in [3.8, 4) is 17.4 Å². The number of hydrogen-bond donors (Lipinski definition) is 2. The van der Waals surface area contributed by atoms with Gasteiger partial charge >= 0.3 is 5.69 Å². The van der Waals surface area contributed by atoms with Gasteiger partial charge in [-0.05, 0) is 42.3 Å². The maximum Gasteiger partial charge on any atom is 0.334 e. The molecule has 0 aliphatic rings. The molecular weight excluding hydrogens is 468 g/mol. The molecule has 0 saturated heterocycles. The molecule has 4 rings (SSSR count). The number of H-pyrrole nitrogens is 1. The first-order valence-corrected chi connectivity index (χ1v) is 11.0. The molecule has 0 radical (unpaired) electrons. The van der Waals surface area contributed by atoms with E-state index in [1.165, 1.54) is 26.4 Å². The number of hydrogen-bond acceptors (Lipinski definition) is 7. The number of amides is 1. The number of pyridine rings is 1. The third-order valence-electron chi connectivity index (χ3n) is 4.86. The Labute approximate surface area is 196 Å². The summed E-state index contributed by atoms with van der Waals surface area (Å²) in [6.45, 7) is 0.408. The molecule has 4 aromatic rings. The monoisotopic (exact) mass is 486 g/mol. The Morgan fingerprint density at radius 1 is 1.15 bits per heavy atom. The van der Waals surface area contributed by atoms with Gasteiger partial charge in [-0.15, -0.1) is 11.3 Å². The van der Waals surface area contributed by atoms with Crippen LogP contribution in [-0.2, 0) is 6.42 Å². The fraction of sp³-hybridized carbons (Fsp3) is 0.182. The van der Waals surface area contributed by atoms with Crippen molar-refractivity contribution in [3.05, 3.63) is 78.8 Å². The summed E-state index contributed by atoms with van der Waals surface area (Å²) in [7, 11) is 2.86. The van der Waals surface area contributed by atoms with Gasteiger partial charge in [0.2, 0.25) is 0 Å². The third-order valence-corrected chi connectivity index (χ3v) is 6.24. The molecule has 33 heavy (non-hydrogen) atoms. The quantitative estimate of drug-likeness (QED) is 0.415. The normalized spacial score (nSPS) is 10.9. The van der Waals surface area contributed by atoms with Crippen LogP contribution in [0.5, 0.6) is 11.6 Å². The molecule has 0 fully saturated rings. The largest absolute Gasteiger partial charge is 0.491 e. The van der Waals surface area contributed by atoms with Gasteiger partial charge < -0.3 is 19.8 Å². The standard InChI is InChI=1S/C22H19ClN4O5S/c1-31-15-7-8-17(26-20(15)32-2)27-21(29)18-14(25-22(27)30)11-16(33-18)19(28)24-10-9-12-3-5-13(23)6-4-12/h3-8,11H,9-10H2,1-2H3,(H,24,28)(H,25,30). The molecule has 1 amide bonds. The zero-order chi connectivity index (χ0) is 23.5. The Balaban J connectivity index is 1.60. The third kappa shape index (κ3) is 4.62. The van der Waals surface area contributed by atoms with Crippen molar-refractivity contribution in [2.24, 2.45) is 0 Å². The van der Waals surface area contributed by atoms with Crippen LogP contribution < -0.4 is 26.0 Å². The molecule has 0 unspecified atom stereocenters. The highest BCUT2D eigenvalue weighted by Crippen LogP contribution is 2.25. The Morgan fingerprint density at radius 3 is 2.61 bits per heavy atom. The molecule has 0 aliphatic carbocycles. The van der Waals surface area contributed by atoms with Crippen molar-refractivity contribution in [2.45, 2.75) is 6.42 Å². The molecule has 0 atom stereocenters. The summed E-state index contributed by atoms with van der Waals surface area (Å²) < 4.78 is 11.4. The van der Waals surface area contributed by atoms with Crippen molar-refractivity contribution in [2.75, 3.05) is 20.8 Å². The minimum Gasteiger partial charge on any atom is -0.491 e. The smallest absolute Gasteiger partial charge is 0.334 e. The van der Waals surface area contributed by atoms with Gasteiger partial charge in [0.25, 0.3) is 17.3 Å². The number of benzene rings is 1. The molecule has 3 aromatic heterocycles. The van der Waals surface area contributed by atoms with E-state index in [9.17, 15) is 14.4 Å². The molecular formula is C22H19ClN4O5S. The number of methoxy groups -OCH3 is 2. The lowest BCUT2D eigenvalue weighted by atomic mass is 10.1. The van der Waals surface area contributed by atoms with E-state index in [-0.39, 0.29) is 27.8 Å². The number of carbonyl (C=O) groups excluding carboxylic acids is 1. The average Bonchev–Trinajstić information content (AvgIpc) is 3.24. The lowest BCUT2D eigenvalue weighted by Crippen LogP contribution is -2.33. The Bertz CT molecular complexity index is 1440. The molecule has 2 N–H and O–H groups in total.